The zero-order valence-electron chi connectivity index (χ0n) is 12.5. The lowest BCUT2D eigenvalue weighted by Crippen LogP contribution is -2.23. The number of amides is 1. The first-order valence-electron chi connectivity index (χ1n) is 7.44. The lowest BCUT2D eigenvalue weighted by Gasteiger charge is -2.05. The van der Waals surface area contributed by atoms with Crippen molar-refractivity contribution in [2.24, 2.45) is 0 Å². The predicted molar refractivity (Wildman–Crippen MR) is 87.4 cm³/mol. The maximum atomic E-state index is 11.9. The van der Waals surface area contributed by atoms with Crippen LogP contribution in [0.3, 0.4) is 0 Å². The van der Waals surface area contributed by atoms with Crippen molar-refractivity contribution in [2.45, 2.75) is 19.4 Å². The number of para-hydroxylation sites is 2. The molecule has 0 unspecified atom stereocenters. The van der Waals surface area contributed by atoms with Gasteiger partial charge in [-0.05, 0) is 29.8 Å². The number of nitrogens with zero attached hydrogens (tertiary/aromatic N) is 2. The maximum absolute atomic E-state index is 11.9. The number of aromatic nitrogens is 2. The quantitative estimate of drug-likeness (QED) is 0.760. The Hall–Kier alpha value is -3.13. The van der Waals surface area contributed by atoms with Crippen molar-refractivity contribution < 1.29 is 4.79 Å². The first-order valence-corrected chi connectivity index (χ1v) is 7.44. The molecule has 0 radical (unpaired) electrons. The standard InChI is InChI=1S/C18H16N4O/c19-11-13-4-3-5-14(10-13)12-20-18(23)9-8-17-21-15-6-1-2-7-16(15)22-17/h1-7,10H,8-9,12H2,(H,20,23)(H,21,22). The second kappa shape index (κ2) is 6.75. The fourth-order valence-electron chi connectivity index (χ4n) is 2.40. The van der Waals surface area contributed by atoms with Gasteiger partial charge < -0.3 is 10.3 Å². The van der Waals surface area contributed by atoms with Gasteiger partial charge in [0.15, 0.2) is 0 Å². The normalized spacial score (nSPS) is 10.4. The minimum absolute atomic E-state index is 0.0344. The van der Waals surface area contributed by atoms with Crippen molar-refractivity contribution >= 4 is 16.9 Å². The van der Waals surface area contributed by atoms with Crippen LogP contribution in [-0.2, 0) is 17.8 Å². The number of aromatic amines is 1. The van der Waals surface area contributed by atoms with E-state index in [2.05, 4.69) is 21.4 Å². The summed E-state index contributed by atoms with van der Waals surface area (Å²) in [5, 5.41) is 11.7. The van der Waals surface area contributed by atoms with E-state index < -0.39 is 0 Å². The zero-order chi connectivity index (χ0) is 16.1. The molecule has 0 aliphatic heterocycles. The molecule has 0 saturated heterocycles. The summed E-state index contributed by atoms with van der Waals surface area (Å²) < 4.78 is 0. The number of hydrogen-bond acceptors (Lipinski definition) is 3. The highest BCUT2D eigenvalue weighted by molar-refractivity contribution is 5.77. The molecule has 1 heterocycles. The van der Waals surface area contributed by atoms with E-state index in [0.717, 1.165) is 22.4 Å². The Balaban J connectivity index is 1.52. The predicted octanol–water partition coefficient (Wildman–Crippen LogP) is 2.68. The van der Waals surface area contributed by atoms with Gasteiger partial charge in [0.05, 0.1) is 22.7 Å². The zero-order valence-corrected chi connectivity index (χ0v) is 12.5. The molecule has 114 valence electrons. The third kappa shape index (κ3) is 3.74. The maximum Gasteiger partial charge on any atom is 0.220 e. The summed E-state index contributed by atoms with van der Waals surface area (Å²) in [5.74, 6) is 0.778. The molecule has 5 nitrogen and oxygen atoms in total. The van der Waals surface area contributed by atoms with Crippen molar-refractivity contribution in [1.82, 2.24) is 15.3 Å². The molecule has 0 aliphatic rings. The summed E-state index contributed by atoms with van der Waals surface area (Å²) in [6.45, 7) is 0.425. The van der Waals surface area contributed by atoms with Gasteiger partial charge in [0.1, 0.15) is 5.82 Å². The van der Waals surface area contributed by atoms with E-state index >= 15 is 0 Å². The highest BCUT2D eigenvalue weighted by Gasteiger charge is 2.06. The Morgan fingerprint density at radius 1 is 1.22 bits per heavy atom. The number of carbonyl (C=O) groups excluding carboxylic acids is 1. The van der Waals surface area contributed by atoms with E-state index in [1.807, 2.05) is 36.4 Å². The highest BCUT2D eigenvalue weighted by Crippen LogP contribution is 2.11. The van der Waals surface area contributed by atoms with Crippen LogP contribution in [-0.4, -0.2) is 15.9 Å². The van der Waals surface area contributed by atoms with Gasteiger partial charge >= 0.3 is 0 Å². The molecule has 0 aliphatic carbocycles. The molecule has 0 spiro atoms. The van der Waals surface area contributed by atoms with Crippen molar-refractivity contribution in [3.63, 3.8) is 0 Å². The van der Waals surface area contributed by atoms with Gasteiger partial charge in [-0.3, -0.25) is 4.79 Å². The fourth-order valence-corrected chi connectivity index (χ4v) is 2.40. The molecule has 1 amide bonds. The van der Waals surface area contributed by atoms with Crippen LogP contribution >= 0.6 is 0 Å². The van der Waals surface area contributed by atoms with Crippen LogP contribution in [0, 0.1) is 11.3 Å². The number of rotatable bonds is 5. The molecule has 2 aromatic carbocycles. The number of hydrogen-bond donors (Lipinski definition) is 2. The number of nitriles is 1. The van der Waals surface area contributed by atoms with Crippen molar-refractivity contribution in [1.29, 1.82) is 5.26 Å². The molecule has 0 saturated carbocycles. The molecule has 0 fully saturated rings. The second-order valence-corrected chi connectivity index (χ2v) is 5.29. The van der Waals surface area contributed by atoms with Crippen LogP contribution in [0.25, 0.3) is 11.0 Å². The molecule has 1 aromatic heterocycles. The average molecular weight is 304 g/mol. The molecule has 3 rings (SSSR count). The second-order valence-electron chi connectivity index (χ2n) is 5.29. The van der Waals surface area contributed by atoms with E-state index in [4.69, 9.17) is 5.26 Å². The fraction of sp³-hybridized carbons (Fsp3) is 0.167. The van der Waals surface area contributed by atoms with Gasteiger partial charge in [-0.2, -0.15) is 5.26 Å². The summed E-state index contributed by atoms with van der Waals surface area (Å²) in [5.41, 5.74) is 3.41. The summed E-state index contributed by atoms with van der Waals surface area (Å²) in [7, 11) is 0. The lowest BCUT2D eigenvalue weighted by atomic mass is 10.1. The highest BCUT2D eigenvalue weighted by atomic mass is 16.1. The van der Waals surface area contributed by atoms with Crippen LogP contribution in [0.5, 0.6) is 0 Å². The van der Waals surface area contributed by atoms with Crippen LogP contribution in [0.15, 0.2) is 48.5 Å². The minimum atomic E-state index is -0.0344. The largest absolute Gasteiger partial charge is 0.352 e. The van der Waals surface area contributed by atoms with Crippen molar-refractivity contribution in [3.05, 3.63) is 65.5 Å². The van der Waals surface area contributed by atoms with Gasteiger partial charge in [0.25, 0.3) is 0 Å². The van der Waals surface area contributed by atoms with Crippen LogP contribution in [0.2, 0.25) is 0 Å². The van der Waals surface area contributed by atoms with E-state index in [0.29, 0.717) is 24.9 Å². The van der Waals surface area contributed by atoms with E-state index in [1.54, 1.807) is 12.1 Å². The first-order chi connectivity index (χ1) is 11.2. The van der Waals surface area contributed by atoms with Gasteiger partial charge in [-0.1, -0.05) is 24.3 Å². The van der Waals surface area contributed by atoms with Crippen LogP contribution in [0.1, 0.15) is 23.4 Å². The Kier molecular flexibility index (Phi) is 4.34. The summed E-state index contributed by atoms with van der Waals surface area (Å²) >= 11 is 0. The smallest absolute Gasteiger partial charge is 0.220 e. The number of nitrogens with one attached hydrogen (secondary N) is 2. The molecule has 5 heteroatoms. The number of aryl methyl sites for hydroxylation is 1. The number of carbonyl (C=O) groups is 1. The Morgan fingerprint density at radius 2 is 2.09 bits per heavy atom. The van der Waals surface area contributed by atoms with Gasteiger partial charge in [-0.15, -0.1) is 0 Å². The number of benzene rings is 2. The van der Waals surface area contributed by atoms with Gasteiger partial charge in [-0.25, -0.2) is 4.98 Å². The third-order valence-corrected chi connectivity index (χ3v) is 3.57. The number of fused-ring (bicyclic) bond motifs is 1. The Morgan fingerprint density at radius 3 is 2.91 bits per heavy atom. The number of H-pyrrole nitrogens is 1. The molecular formula is C18H16N4O. The molecule has 23 heavy (non-hydrogen) atoms. The molecule has 2 N–H and O–H groups in total. The van der Waals surface area contributed by atoms with E-state index in [-0.39, 0.29) is 5.91 Å². The van der Waals surface area contributed by atoms with Crippen molar-refractivity contribution in [2.75, 3.05) is 0 Å². The van der Waals surface area contributed by atoms with Crippen LogP contribution < -0.4 is 5.32 Å². The van der Waals surface area contributed by atoms with Gasteiger partial charge in [0.2, 0.25) is 5.91 Å². The molecule has 3 aromatic rings. The van der Waals surface area contributed by atoms with E-state index in [9.17, 15) is 4.79 Å². The average Bonchev–Trinajstić information content (AvgIpc) is 3.01. The van der Waals surface area contributed by atoms with Crippen LogP contribution in [0.4, 0.5) is 0 Å². The summed E-state index contributed by atoms with van der Waals surface area (Å²) in [4.78, 5) is 19.6. The first kappa shape index (κ1) is 14.8. The SMILES string of the molecule is N#Cc1cccc(CNC(=O)CCc2nc3ccccc3[nH]2)c1. The third-order valence-electron chi connectivity index (χ3n) is 3.57. The summed E-state index contributed by atoms with van der Waals surface area (Å²) in [6, 6.07) is 17.1. The van der Waals surface area contributed by atoms with Crippen molar-refractivity contribution in [3.8, 4) is 6.07 Å². The molecular weight excluding hydrogens is 288 g/mol. The van der Waals surface area contributed by atoms with Gasteiger partial charge in [0, 0.05) is 19.4 Å². The lowest BCUT2D eigenvalue weighted by molar-refractivity contribution is -0.121. The molecule has 0 bridgehead atoms. The monoisotopic (exact) mass is 304 g/mol. The minimum Gasteiger partial charge on any atom is -0.352 e. The number of imidazole rings is 1. The summed E-state index contributed by atoms with van der Waals surface area (Å²) in [6.07, 6.45) is 0.941. The topological polar surface area (TPSA) is 81.6 Å². The Labute approximate surface area is 134 Å². The Bertz CT molecular complexity index is 843. The molecule has 0 atom stereocenters. The van der Waals surface area contributed by atoms with E-state index in [1.165, 1.54) is 0 Å².